The fourth-order valence-electron chi connectivity index (χ4n) is 5.30. The quantitative estimate of drug-likeness (QED) is 0.855. The second kappa shape index (κ2) is 6.41. The molecule has 2 N–H and O–H groups in total. The van der Waals surface area contributed by atoms with E-state index in [0.29, 0.717) is 11.3 Å². The van der Waals surface area contributed by atoms with E-state index in [0.717, 1.165) is 24.0 Å². The van der Waals surface area contributed by atoms with Gasteiger partial charge in [-0.25, -0.2) is 0 Å². The number of nitriles is 3. The van der Waals surface area contributed by atoms with Gasteiger partial charge in [0.15, 0.2) is 5.41 Å². The summed E-state index contributed by atoms with van der Waals surface area (Å²) in [6.45, 7) is 0. The zero-order chi connectivity index (χ0) is 20.1. The van der Waals surface area contributed by atoms with Crippen LogP contribution in [0.25, 0.3) is 0 Å². The summed E-state index contributed by atoms with van der Waals surface area (Å²) in [4.78, 5) is 2.30. The fourth-order valence-corrected chi connectivity index (χ4v) is 5.30. The number of rotatable bonds is 2. The van der Waals surface area contributed by atoms with E-state index in [9.17, 15) is 15.8 Å². The van der Waals surface area contributed by atoms with Crippen molar-refractivity contribution in [2.45, 2.75) is 30.8 Å². The Balaban J connectivity index is 2.04. The highest BCUT2D eigenvalue weighted by Gasteiger charge is 2.58. The Hall–Kier alpha value is -3.27. The first-order valence-electron chi connectivity index (χ1n) is 9.33. The summed E-state index contributed by atoms with van der Waals surface area (Å²) in [6.07, 6.45) is 4.07. The van der Waals surface area contributed by atoms with Crippen LogP contribution in [0, 0.1) is 45.3 Å². The van der Waals surface area contributed by atoms with Crippen LogP contribution in [0.4, 0.5) is 0 Å². The Morgan fingerprint density at radius 2 is 1.96 bits per heavy atom. The molecule has 1 saturated heterocycles. The van der Waals surface area contributed by atoms with Gasteiger partial charge in [-0.15, -0.1) is 0 Å². The monoisotopic (exact) mass is 371 g/mol. The molecular weight excluding hydrogens is 350 g/mol. The molecular formula is C22H21N5O. The summed E-state index contributed by atoms with van der Waals surface area (Å²) >= 11 is 0. The van der Waals surface area contributed by atoms with Gasteiger partial charge in [0.2, 0.25) is 0 Å². The van der Waals surface area contributed by atoms with Gasteiger partial charge in [-0.3, -0.25) is 4.90 Å². The van der Waals surface area contributed by atoms with Gasteiger partial charge >= 0.3 is 0 Å². The lowest BCUT2D eigenvalue weighted by Gasteiger charge is -2.48. The molecule has 28 heavy (non-hydrogen) atoms. The minimum Gasteiger partial charge on any atom is -0.497 e. The summed E-state index contributed by atoms with van der Waals surface area (Å²) in [7, 11) is 3.66. The van der Waals surface area contributed by atoms with Gasteiger partial charge in [0.1, 0.15) is 11.8 Å². The third-order valence-electron chi connectivity index (χ3n) is 6.68. The van der Waals surface area contributed by atoms with Crippen molar-refractivity contribution in [1.29, 1.82) is 15.8 Å². The second-order valence-electron chi connectivity index (χ2n) is 7.71. The molecule has 6 nitrogen and oxygen atoms in total. The van der Waals surface area contributed by atoms with Crippen molar-refractivity contribution < 1.29 is 4.74 Å². The average molecular weight is 371 g/mol. The topological polar surface area (TPSA) is 110 Å². The average Bonchev–Trinajstić information content (AvgIpc) is 2.96. The predicted molar refractivity (Wildman–Crippen MR) is 102 cm³/mol. The molecule has 1 aromatic carbocycles. The molecule has 3 aliphatic rings. The first-order valence-corrected chi connectivity index (χ1v) is 9.33. The largest absolute Gasteiger partial charge is 0.497 e. The SMILES string of the molecule is COc1cccc([C@H]2[C@@H]3C(=C[C@@H]4CC[C@@H]3N4C)C(C#N)=C(N)C2(C#N)C#N)c1. The number of ether oxygens (including phenoxy) is 1. The highest BCUT2D eigenvalue weighted by atomic mass is 16.5. The van der Waals surface area contributed by atoms with E-state index in [1.54, 1.807) is 7.11 Å². The minimum absolute atomic E-state index is 0.0688. The Morgan fingerprint density at radius 1 is 1.21 bits per heavy atom. The van der Waals surface area contributed by atoms with Gasteiger partial charge in [0.05, 0.1) is 30.5 Å². The van der Waals surface area contributed by atoms with Crippen molar-refractivity contribution in [3.63, 3.8) is 0 Å². The number of nitrogens with zero attached hydrogens (tertiary/aromatic N) is 4. The molecule has 140 valence electrons. The summed E-state index contributed by atoms with van der Waals surface area (Å²) in [5.41, 5.74) is 6.86. The molecule has 1 aliphatic carbocycles. The lowest BCUT2D eigenvalue weighted by molar-refractivity contribution is 0.160. The van der Waals surface area contributed by atoms with E-state index in [2.05, 4.69) is 36.2 Å². The minimum atomic E-state index is -1.60. The van der Waals surface area contributed by atoms with Crippen molar-refractivity contribution in [3.8, 4) is 24.0 Å². The Bertz CT molecular complexity index is 1000. The molecule has 0 amide bonds. The third-order valence-corrected chi connectivity index (χ3v) is 6.68. The van der Waals surface area contributed by atoms with Crippen LogP contribution in [0.5, 0.6) is 5.75 Å². The molecule has 6 heteroatoms. The molecule has 0 unspecified atom stereocenters. The summed E-state index contributed by atoms with van der Waals surface area (Å²) in [5, 5.41) is 30.1. The molecule has 0 spiro atoms. The first-order chi connectivity index (χ1) is 13.5. The van der Waals surface area contributed by atoms with Crippen LogP contribution < -0.4 is 10.5 Å². The number of likely N-dealkylation sites (N-methyl/N-ethyl adjacent to an activating group) is 1. The smallest absolute Gasteiger partial charge is 0.191 e. The molecule has 2 heterocycles. The number of nitrogens with two attached hydrogens (primary N) is 1. The highest BCUT2D eigenvalue weighted by Crippen LogP contribution is 2.58. The van der Waals surface area contributed by atoms with Gasteiger partial charge in [0.25, 0.3) is 0 Å². The molecule has 0 aromatic heterocycles. The van der Waals surface area contributed by atoms with E-state index < -0.39 is 11.3 Å². The number of fused-ring (bicyclic) bond motifs is 4. The standard InChI is InChI=1S/C22H21N5O/c1-27-14-6-7-18(27)19-16(9-14)17(10-23)21(26)22(11-24,12-25)20(19)13-4-3-5-15(8-13)28-2/h3-5,8-9,14,18-20H,6-7,26H2,1-2H3/t14-,18-,19+,20-/m0/s1. The number of hydrogen-bond donors (Lipinski definition) is 1. The molecule has 2 bridgehead atoms. The van der Waals surface area contributed by atoms with Gasteiger partial charge in [0, 0.05) is 23.9 Å². The highest BCUT2D eigenvalue weighted by molar-refractivity contribution is 5.60. The van der Waals surface area contributed by atoms with E-state index in [1.165, 1.54) is 0 Å². The number of benzene rings is 1. The van der Waals surface area contributed by atoms with Crippen LogP contribution >= 0.6 is 0 Å². The summed E-state index contributed by atoms with van der Waals surface area (Å²) in [5.74, 6) is 0.0273. The van der Waals surface area contributed by atoms with Crippen molar-refractivity contribution in [2.24, 2.45) is 17.1 Å². The van der Waals surface area contributed by atoms with E-state index >= 15 is 0 Å². The van der Waals surface area contributed by atoms with Gasteiger partial charge in [-0.05, 0) is 43.2 Å². The normalized spacial score (nSPS) is 30.5. The van der Waals surface area contributed by atoms with Gasteiger partial charge in [-0.1, -0.05) is 18.2 Å². The fraction of sp³-hybridized carbons (Fsp3) is 0.409. The molecule has 4 atom stereocenters. The van der Waals surface area contributed by atoms with Crippen LogP contribution in [0.1, 0.15) is 24.3 Å². The maximum Gasteiger partial charge on any atom is 0.191 e. The van der Waals surface area contributed by atoms with E-state index in [4.69, 9.17) is 10.5 Å². The Labute approximate surface area is 164 Å². The van der Waals surface area contributed by atoms with Crippen LogP contribution in [-0.4, -0.2) is 31.1 Å². The Morgan fingerprint density at radius 3 is 2.61 bits per heavy atom. The second-order valence-corrected chi connectivity index (χ2v) is 7.71. The third kappa shape index (κ3) is 2.21. The van der Waals surface area contributed by atoms with Gasteiger partial charge < -0.3 is 10.5 Å². The summed E-state index contributed by atoms with van der Waals surface area (Å²) in [6, 6.07) is 14.5. The lowest BCUT2D eigenvalue weighted by Crippen LogP contribution is -2.51. The molecule has 2 aliphatic heterocycles. The van der Waals surface area contributed by atoms with Crippen LogP contribution in [0.3, 0.4) is 0 Å². The lowest BCUT2D eigenvalue weighted by atomic mass is 9.56. The first kappa shape index (κ1) is 18.1. The van der Waals surface area contributed by atoms with E-state index in [1.807, 2.05) is 24.3 Å². The van der Waals surface area contributed by atoms with Gasteiger partial charge in [-0.2, -0.15) is 15.8 Å². The molecule has 1 fully saturated rings. The summed E-state index contributed by atoms with van der Waals surface area (Å²) < 4.78 is 5.38. The molecule has 0 radical (unpaired) electrons. The molecule has 0 saturated carbocycles. The van der Waals surface area contributed by atoms with E-state index in [-0.39, 0.29) is 23.7 Å². The number of allylic oxidation sites excluding steroid dienone is 2. The zero-order valence-corrected chi connectivity index (χ0v) is 15.9. The van der Waals surface area contributed by atoms with Crippen LogP contribution in [-0.2, 0) is 0 Å². The van der Waals surface area contributed by atoms with Crippen molar-refractivity contribution in [3.05, 3.63) is 52.7 Å². The van der Waals surface area contributed by atoms with Crippen LogP contribution in [0.15, 0.2) is 47.2 Å². The van der Waals surface area contributed by atoms with Crippen molar-refractivity contribution in [1.82, 2.24) is 4.90 Å². The van der Waals surface area contributed by atoms with Crippen LogP contribution in [0.2, 0.25) is 0 Å². The Kier molecular flexibility index (Phi) is 4.15. The molecule has 1 aromatic rings. The van der Waals surface area contributed by atoms with Crippen molar-refractivity contribution in [2.75, 3.05) is 14.2 Å². The maximum absolute atomic E-state index is 10.1. The van der Waals surface area contributed by atoms with Crippen molar-refractivity contribution >= 4 is 0 Å². The number of hydrogen-bond acceptors (Lipinski definition) is 6. The predicted octanol–water partition coefficient (Wildman–Crippen LogP) is 2.58. The molecule has 4 rings (SSSR count). The zero-order valence-electron chi connectivity index (χ0n) is 15.9. The number of methoxy groups -OCH3 is 1. The maximum atomic E-state index is 10.1.